The van der Waals surface area contributed by atoms with Crippen LogP contribution in [-0.4, -0.2) is 39.8 Å². The van der Waals surface area contributed by atoms with Gasteiger partial charge >= 0.3 is 0 Å². The first-order valence-electron chi connectivity index (χ1n) is 10.2. The lowest BCUT2D eigenvalue weighted by molar-refractivity contribution is 0.0916. The third kappa shape index (κ3) is 3.47. The van der Waals surface area contributed by atoms with Crippen LogP contribution in [0.3, 0.4) is 0 Å². The molecule has 1 aliphatic heterocycles. The predicted octanol–water partition coefficient (Wildman–Crippen LogP) is 3.10. The second kappa shape index (κ2) is 6.59. The van der Waals surface area contributed by atoms with Crippen LogP contribution in [0.2, 0.25) is 0 Å². The molecule has 2 unspecified atom stereocenters. The second-order valence-electron chi connectivity index (χ2n) is 9.29. The van der Waals surface area contributed by atoms with Gasteiger partial charge in [-0.3, -0.25) is 4.79 Å². The first-order chi connectivity index (χ1) is 12.8. The molecule has 6 heteroatoms. The van der Waals surface area contributed by atoms with Crippen LogP contribution in [0.15, 0.2) is 6.07 Å². The average Bonchev–Trinajstić information content (AvgIpc) is 3.39. The topological polar surface area (TPSA) is 71.8 Å². The van der Waals surface area contributed by atoms with Gasteiger partial charge in [0.25, 0.3) is 5.91 Å². The van der Waals surface area contributed by atoms with Gasteiger partial charge in [-0.2, -0.15) is 5.10 Å². The fourth-order valence-corrected chi connectivity index (χ4v) is 3.97. The average molecular weight is 370 g/mol. The van der Waals surface area contributed by atoms with Crippen molar-refractivity contribution in [3.05, 3.63) is 23.0 Å². The van der Waals surface area contributed by atoms with E-state index in [0.717, 1.165) is 60.3 Å². The van der Waals surface area contributed by atoms with Gasteiger partial charge in [-0.05, 0) is 65.5 Å². The van der Waals surface area contributed by atoms with Gasteiger partial charge in [0.05, 0.1) is 22.2 Å². The standard InChI is InChI=1S/C21H31N5O/c1-12-8-9-22-11-17(12)24-20(27)15-10-16(14-6-7-14)23-19-18(15)13(2)25-26(19)21(3,4)5/h10,12,14,17,22H,6-9,11H2,1-5H3,(H,24,27). The number of hydrogen-bond donors (Lipinski definition) is 2. The fourth-order valence-electron chi connectivity index (χ4n) is 3.97. The molecule has 1 amide bonds. The largest absolute Gasteiger partial charge is 0.348 e. The van der Waals surface area contributed by atoms with E-state index >= 15 is 0 Å². The number of hydrogen-bond acceptors (Lipinski definition) is 4. The Hall–Kier alpha value is -1.95. The molecule has 1 saturated heterocycles. The molecule has 3 heterocycles. The lowest BCUT2D eigenvalue weighted by atomic mass is 9.94. The first-order valence-corrected chi connectivity index (χ1v) is 10.2. The van der Waals surface area contributed by atoms with Gasteiger partial charge in [-0.1, -0.05) is 6.92 Å². The predicted molar refractivity (Wildman–Crippen MR) is 107 cm³/mol. The summed E-state index contributed by atoms with van der Waals surface area (Å²) in [5.41, 5.74) is 3.29. The fraction of sp³-hybridized carbons (Fsp3) is 0.667. The summed E-state index contributed by atoms with van der Waals surface area (Å²) in [6.07, 6.45) is 3.41. The van der Waals surface area contributed by atoms with Crippen LogP contribution in [0.5, 0.6) is 0 Å². The zero-order valence-corrected chi connectivity index (χ0v) is 17.1. The zero-order valence-electron chi connectivity index (χ0n) is 17.1. The molecule has 146 valence electrons. The van der Waals surface area contributed by atoms with Crippen molar-refractivity contribution >= 4 is 16.9 Å². The smallest absolute Gasteiger partial charge is 0.252 e. The van der Waals surface area contributed by atoms with Crippen molar-refractivity contribution in [1.29, 1.82) is 0 Å². The third-order valence-electron chi connectivity index (χ3n) is 5.85. The van der Waals surface area contributed by atoms with Crippen molar-refractivity contribution in [1.82, 2.24) is 25.4 Å². The summed E-state index contributed by atoms with van der Waals surface area (Å²) in [6, 6.07) is 2.18. The number of nitrogens with zero attached hydrogens (tertiary/aromatic N) is 3. The van der Waals surface area contributed by atoms with Gasteiger partial charge in [0.2, 0.25) is 0 Å². The molecule has 0 bridgehead atoms. The summed E-state index contributed by atoms with van der Waals surface area (Å²) in [4.78, 5) is 18.2. The van der Waals surface area contributed by atoms with Crippen molar-refractivity contribution < 1.29 is 4.79 Å². The Morgan fingerprint density at radius 2 is 2.04 bits per heavy atom. The number of aromatic nitrogens is 3. The Balaban J connectivity index is 1.79. The summed E-state index contributed by atoms with van der Waals surface area (Å²) < 4.78 is 1.98. The van der Waals surface area contributed by atoms with Gasteiger partial charge in [0.15, 0.2) is 5.65 Å². The Labute approximate surface area is 161 Å². The Kier molecular flexibility index (Phi) is 4.49. The number of pyridine rings is 1. The van der Waals surface area contributed by atoms with Crippen LogP contribution >= 0.6 is 0 Å². The highest BCUT2D eigenvalue weighted by Gasteiger charge is 2.31. The van der Waals surface area contributed by atoms with Crippen LogP contribution in [0, 0.1) is 12.8 Å². The maximum Gasteiger partial charge on any atom is 0.252 e. The van der Waals surface area contributed by atoms with Crippen molar-refractivity contribution in [2.45, 2.75) is 71.4 Å². The van der Waals surface area contributed by atoms with Crippen molar-refractivity contribution in [2.24, 2.45) is 5.92 Å². The van der Waals surface area contributed by atoms with Gasteiger partial charge in [0, 0.05) is 24.2 Å². The number of piperidine rings is 1. The molecule has 2 N–H and O–H groups in total. The highest BCUT2D eigenvalue weighted by Crippen LogP contribution is 2.41. The lowest BCUT2D eigenvalue weighted by Crippen LogP contribution is -2.50. The minimum Gasteiger partial charge on any atom is -0.348 e. The Morgan fingerprint density at radius 3 is 2.67 bits per heavy atom. The molecule has 0 aromatic carbocycles. The molecule has 6 nitrogen and oxygen atoms in total. The van der Waals surface area contributed by atoms with Crippen molar-refractivity contribution in [3.8, 4) is 0 Å². The van der Waals surface area contributed by atoms with Crippen LogP contribution in [0.4, 0.5) is 0 Å². The number of amides is 1. The SMILES string of the molecule is Cc1nn(C(C)(C)C)c2nc(C3CC3)cc(C(=O)NC3CNCCC3C)c12. The lowest BCUT2D eigenvalue weighted by Gasteiger charge is -2.30. The molecule has 1 saturated carbocycles. The molecule has 2 aromatic heterocycles. The minimum atomic E-state index is -0.183. The van der Waals surface area contributed by atoms with Gasteiger partial charge in [-0.25, -0.2) is 9.67 Å². The van der Waals surface area contributed by atoms with Crippen LogP contribution in [0.1, 0.15) is 74.6 Å². The highest BCUT2D eigenvalue weighted by atomic mass is 16.1. The summed E-state index contributed by atoms with van der Waals surface area (Å²) in [7, 11) is 0. The summed E-state index contributed by atoms with van der Waals surface area (Å²) in [6.45, 7) is 12.4. The maximum absolute atomic E-state index is 13.3. The number of carbonyl (C=O) groups excluding carboxylic acids is 1. The molecule has 0 spiro atoms. The molecular formula is C21H31N5O. The number of aryl methyl sites for hydroxylation is 1. The summed E-state index contributed by atoms with van der Waals surface area (Å²) in [5, 5.41) is 12.3. The van der Waals surface area contributed by atoms with Crippen molar-refractivity contribution in [2.75, 3.05) is 13.1 Å². The normalized spacial score (nSPS) is 23.6. The van der Waals surface area contributed by atoms with E-state index in [2.05, 4.69) is 38.3 Å². The molecule has 2 aliphatic rings. The molecule has 4 rings (SSSR count). The maximum atomic E-state index is 13.3. The minimum absolute atomic E-state index is 0.00130. The molecule has 1 aliphatic carbocycles. The summed E-state index contributed by atoms with van der Waals surface area (Å²) >= 11 is 0. The Bertz CT molecular complexity index is 875. The van der Waals surface area contributed by atoms with E-state index in [1.54, 1.807) is 0 Å². The number of nitrogens with one attached hydrogen (secondary N) is 2. The van der Waals surface area contributed by atoms with E-state index in [0.29, 0.717) is 11.8 Å². The van der Waals surface area contributed by atoms with E-state index in [4.69, 9.17) is 10.1 Å². The Morgan fingerprint density at radius 1 is 1.30 bits per heavy atom. The van der Waals surface area contributed by atoms with Gasteiger partial charge < -0.3 is 10.6 Å². The van der Waals surface area contributed by atoms with E-state index in [1.807, 2.05) is 17.7 Å². The van der Waals surface area contributed by atoms with Gasteiger partial charge in [-0.15, -0.1) is 0 Å². The van der Waals surface area contributed by atoms with Crippen molar-refractivity contribution in [3.63, 3.8) is 0 Å². The first kappa shape index (κ1) is 18.4. The van der Waals surface area contributed by atoms with Crippen LogP contribution < -0.4 is 10.6 Å². The van der Waals surface area contributed by atoms with E-state index in [9.17, 15) is 4.79 Å². The number of carbonyl (C=O) groups is 1. The highest BCUT2D eigenvalue weighted by molar-refractivity contribution is 6.06. The molecular weight excluding hydrogens is 338 g/mol. The molecule has 2 aromatic rings. The monoisotopic (exact) mass is 369 g/mol. The van der Waals surface area contributed by atoms with E-state index < -0.39 is 0 Å². The second-order valence-corrected chi connectivity index (χ2v) is 9.29. The van der Waals surface area contributed by atoms with E-state index in [-0.39, 0.29) is 17.5 Å². The molecule has 2 fully saturated rings. The molecule has 0 radical (unpaired) electrons. The van der Waals surface area contributed by atoms with Crippen LogP contribution in [-0.2, 0) is 5.54 Å². The van der Waals surface area contributed by atoms with Crippen LogP contribution in [0.25, 0.3) is 11.0 Å². The number of rotatable bonds is 3. The quantitative estimate of drug-likeness (QED) is 0.872. The van der Waals surface area contributed by atoms with Gasteiger partial charge in [0.1, 0.15) is 0 Å². The van der Waals surface area contributed by atoms with E-state index in [1.165, 1.54) is 0 Å². The summed E-state index contributed by atoms with van der Waals surface area (Å²) in [5.74, 6) is 0.968. The number of fused-ring (bicyclic) bond motifs is 1. The third-order valence-corrected chi connectivity index (χ3v) is 5.85. The zero-order chi connectivity index (χ0) is 19.3. The molecule has 2 atom stereocenters. The molecule has 27 heavy (non-hydrogen) atoms.